The van der Waals surface area contributed by atoms with Gasteiger partial charge in [-0.15, -0.1) is 0 Å². The number of nitrogens with two attached hydrogens (primary N) is 1. The Bertz CT molecular complexity index is 488. The van der Waals surface area contributed by atoms with E-state index >= 15 is 0 Å². The fraction of sp³-hybridized carbons (Fsp3) is 0.533. The summed E-state index contributed by atoms with van der Waals surface area (Å²) in [6.07, 6.45) is 3.97. The van der Waals surface area contributed by atoms with Gasteiger partial charge in [0.15, 0.2) is 5.84 Å². The van der Waals surface area contributed by atoms with Crippen molar-refractivity contribution in [1.29, 1.82) is 0 Å². The zero-order chi connectivity index (χ0) is 15.1. The van der Waals surface area contributed by atoms with Gasteiger partial charge >= 0.3 is 0 Å². The van der Waals surface area contributed by atoms with Crippen molar-refractivity contribution in [2.75, 3.05) is 19.4 Å². The smallest absolute Gasteiger partial charge is 0.170 e. The lowest BCUT2D eigenvalue weighted by Crippen LogP contribution is -2.26. The lowest BCUT2D eigenvalue weighted by Gasteiger charge is -2.21. The molecule has 1 saturated heterocycles. The molecule has 0 radical (unpaired) electrons. The monoisotopic (exact) mass is 309 g/mol. The van der Waals surface area contributed by atoms with Crippen molar-refractivity contribution in [2.24, 2.45) is 10.9 Å². The van der Waals surface area contributed by atoms with Crippen LogP contribution in [0.2, 0.25) is 0 Å². The normalized spacial score (nSPS) is 19.5. The minimum absolute atomic E-state index is 0.113. The predicted octanol–water partition coefficient (Wildman–Crippen LogP) is 2.17. The van der Waals surface area contributed by atoms with Crippen LogP contribution in [0.5, 0.6) is 5.75 Å². The van der Waals surface area contributed by atoms with E-state index in [1.54, 1.807) is 13.2 Å². The van der Waals surface area contributed by atoms with Crippen molar-refractivity contribution in [3.8, 4) is 5.75 Å². The van der Waals surface area contributed by atoms with Crippen molar-refractivity contribution in [2.45, 2.75) is 31.1 Å². The second-order valence-electron chi connectivity index (χ2n) is 5.13. The SMILES string of the molecule is COc1ccc(/C(N)=N/O)cc1CNCC1CCCCS1. The van der Waals surface area contributed by atoms with Crippen molar-refractivity contribution in [3.63, 3.8) is 0 Å². The first kappa shape index (κ1) is 16.0. The van der Waals surface area contributed by atoms with Crippen LogP contribution in [0.25, 0.3) is 0 Å². The summed E-state index contributed by atoms with van der Waals surface area (Å²) < 4.78 is 5.37. The molecule has 0 amide bonds. The first-order chi connectivity index (χ1) is 10.2. The summed E-state index contributed by atoms with van der Waals surface area (Å²) in [7, 11) is 1.65. The van der Waals surface area contributed by atoms with Crippen LogP contribution in [0, 0.1) is 0 Å². The summed E-state index contributed by atoms with van der Waals surface area (Å²) in [5, 5.41) is 16.0. The fourth-order valence-corrected chi connectivity index (χ4v) is 3.74. The van der Waals surface area contributed by atoms with E-state index in [1.807, 2.05) is 12.1 Å². The Morgan fingerprint density at radius 2 is 2.38 bits per heavy atom. The Morgan fingerprint density at radius 1 is 1.52 bits per heavy atom. The van der Waals surface area contributed by atoms with E-state index in [1.165, 1.54) is 25.0 Å². The molecule has 0 aromatic heterocycles. The molecule has 1 atom stereocenters. The molecule has 0 saturated carbocycles. The van der Waals surface area contributed by atoms with E-state index in [0.717, 1.165) is 17.9 Å². The van der Waals surface area contributed by atoms with Crippen LogP contribution in [-0.2, 0) is 6.54 Å². The molecule has 4 N–H and O–H groups in total. The second kappa shape index (κ2) is 8.14. The fourth-order valence-electron chi connectivity index (χ4n) is 2.47. The van der Waals surface area contributed by atoms with Crippen LogP contribution in [0.15, 0.2) is 23.4 Å². The molecule has 0 spiro atoms. The van der Waals surface area contributed by atoms with Gasteiger partial charge in [0, 0.05) is 29.5 Å². The number of amidine groups is 1. The highest BCUT2D eigenvalue weighted by Gasteiger charge is 2.14. The van der Waals surface area contributed by atoms with Gasteiger partial charge in [-0.05, 0) is 36.8 Å². The summed E-state index contributed by atoms with van der Waals surface area (Å²) >= 11 is 2.05. The molecule has 1 fully saturated rings. The zero-order valence-corrected chi connectivity index (χ0v) is 13.2. The predicted molar refractivity (Wildman–Crippen MR) is 87.3 cm³/mol. The summed E-state index contributed by atoms with van der Waals surface area (Å²) in [6.45, 7) is 1.72. The standard InChI is InChI=1S/C15H23N3O2S/c1-20-14-6-5-11(15(16)18-19)8-12(14)9-17-10-13-4-2-3-7-21-13/h5-6,8,13,17,19H,2-4,7,9-10H2,1H3,(H2,16,18). The molecule has 1 aliphatic heterocycles. The Balaban J connectivity index is 1.96. The molecular formula is C15H23N3O2S. The first-order valence-electron chi connectivity index (χ1n) is 7.21. The number of hydrogen-bond donors (Lipinski definition) is 3. The maximum Gasteiger partial charge on any atom is 0.170 e. The highest BCUT2D eigenvalue weighted by Crippen LogP contribution is 2.25. The number of nitrogens with zero attached hydrogens (tertiary/aromatic N) is 1. The topological polar surface area (TPSA) is 79.9 Å². The van der Waals surface area contributed by atoms with Gasteiger partial charge in [-0.25, -0.2) is 0 Å². The third-order valence-electron chi connectivity index (χ3n) is 3.65. The third-order valence-corrected chi connectivity index (χ3v) is 5.04. The molecule has 116 valence electrons. The van der Waals surface area contributed by atoms with Crippen LogP contribution in [0.3, 0.4) is 0 Å². The molecular weight excluding hydrogens is 286 g/mol. The van der Waals surface area contributed by atoms with Gasteiger partial charge in [-0.3, -0.25) is 0 Å². The molecule has 1 aromatic carbocycles. The molecule has 1 aromatic rings. The van der Waals surface area contributed by atoms with Gasteiger partial charge in [0.05, 0.1) is 7.11 Å². The van der Waals surface area contributed by atoms with E-state index in [2.05, 4.69) is 22.2 Å². The Hall–Kier alpha value is -1.40. The van der Waals surface area contributed by atoms with Crippen LogP contribution < -0.4 is 15.8 Å². The molecule has 0 aliphatic carbocycles. The highest BCUT2D eigenvalue weighted by atomic mass is 32.2. The van der Waals surface area contributed by atoms with E-state index < -0.39 is 0 Å². The van der Waals surface area contributed by atoms with Crippen molar-refractivity contribution in [1.82, 2.24) is 5.32 Å². The number of rotatable bonds is 6. The number of oxime groups is 1. The summed E-state index contributed by atoms with van der Waals surface area (Å²) in [6, 6.07) is 5.53. The molecule has 1 unspecified atom stereocenters. The van der Waals surface area contributed by atoms with Gasteiger partial charge < -0.3 is 21.0 Å². The lowest BCUT2D eigenvalue weighted by atomic mass is 10.1. The number of thioether (sulfide) groups is 1. The average molecular weight is 309 g/mol. The number of nitrogens with one attached hydrogen (secondary N) is 1. The molecule has 2 rings (SSSR count). The van der Waals surface area contributed by atoms with Crippen LogP contribution in [0.4, 0.5) is 0 Å². The molecule has 21 heavy (non-hydrogen) atoms. The maximum absolute atomic E-state index is 8.77. The number of benzene rings is 1. The van der Waals surface area contributed by atoms with Gasteiger partial charge in [0.2, 0.25) is 0 Å². The summed E-state index contributed by atoms with van der Waals surface area (Å²) in [4.78, 5) is 0. The maximum atomic E-state index is 8.77. The van der Waals surface area contributed by atoms with Crippen LogP contribution in [0.1, 0.15) is 30.4 Å². The largest absolute Gasteiger partial charge is 0.496 e. The van der Waals surface area contributed by atoms with E-state index in [0.29, 0.717) is 17.4 Å². The van der Waals surface area contributed by atoms with Crippen molar-refractivity contribution in [3.05, 3.63) is 29.3 Å². The van der Waals surface area contributed by atoms with Crippen LogP contribution >= 0.6 is 11.8 Å². The van der Waals surface area contributed by atoms with Gasteiger partial charge in [0.25, 0.3) is 0 Å². The lowest BCUT2D eigenvalue weighted by molar-refractivity contribution is 0.318. The molecule has 5 nitrogen and oxygen atoms in total. The van der Waals surface area contributed by atoms with E-state index in [4.69, 9.17) is 15.7 Å². The molecule has 1 heterocycles. The average Bonchev–Trinajstić information content (AvgIpc) is 2.55. The number of ether oxygens (including phenoxy) is 1. The number of methoxy groups -OCH3 is 1. The van der Waals surface area contributed by atoms with Gasteiger partial charge in [-0.2, -0.15) is 11.8 Å². The molecule has 0 bridgehead atoms. The van der Waals surface area contributed by atoms with Gasteiger partial charge in [-0.1, -0.05) is 11.6 Å². The molecule has 6 heteroatoms. The minimum Gasteiger partial charge on any atom is -0.496 e. The summed E-state index contributed by atoms with van der Waals surface area (Å²) in [5.41, 5.74) is 7.35. The third kappa shape index (κ3) is 4.54. The Labute approximate surface area is 129 Å². The van der Waals surface area contributed by atoms with Crippen molar-refractivity contribution >= 4 is 17.6 Å². The van der Waals surface area contributed by atoms with Crippen molar-refractivity contribution < 1.29 is 9.94 Å². The molecule has 1 aliphatic rings. The second-order valence-corrected chi connectivity index (χ2v) is 6.54. The van der Waals surface area contributed by atoms with Crippen LogP contribution in [-0.4, -0.2) is 35.7 Å². The first-order valence-corrected chi connectivity index (χ1v) is 8.26. The Kier molecular flexibility index (Phi) is 6.20. The van der Waals surface area contributed by atoms with E-state index in [9.17, 15) is 0 Å². The zero-order valence-electron chi connectivity index (χ0n) is 12.3. The minimum atomic E-state index is 0.113. The Morgan fingerprint density at radius 3 is 3.05 bits per heavy atom. The number of hydrogen-bond acceptors (Lipinski definition) is 5. The highest BCUT2D eigenvalue weighted by molar-refractivity contribution is 7.99. The quantitative estimate of drug-likeness (QED) is 0.325. The van der Waals surface area contributed by atoms with Gasteiger partial charge in [0.1, 0.15) is 5.75 Å². The summed E-state index contributed by atoms with van der Waals surface area (Å²) in [5.74, 6) is 2.20. The van der Waals surface area contributed by atoms with E-state index in [-0.39, 0.29) is 5.84 Å².